The highest BCUT2D eigenvalue weighted by atomic mass is 31.2. The molecule has 0 aromatic rings. The first-order chi connectivity index (χ1) is 49.7. The van der Waals surface area contributed by atoms with Crippen LogP contribution in [0.15, 0.2) is 72.9 Å². The summed E-state index contributed by atoms with van der Waals surface area (Å²) in [7, 11) is -9.95. The normalized spacial score (nSPS) is 14.2. The van der Waals surface area contributed by atoms with Gasteiger partial charge >= 0.3 is 39.5 Å². The van der Waals surface area contributed by atoms with Crippen LogP contribution in [-0.4, -0.2) is 96.7 Å². The zero-order valence-electron chi connectivity index (χ0n) is 65.0. The highest BCUT2D eigenvalue weighted by Crippen LogP contribution is 2.45. The standard InChI is InChI=1S/C83H150O17P2/c1-5-9-13-17-21-25-29-33-36-37-38-39-42-45-48-52-56-60-64-68-81(86)94-74-79(100-83(88)70-66-62-58-54-50-46-41-35-31-27-23-19-15-11-7-3)76-98-102(91,92)96-72-77(84)71-95-101(89,90)97-75-78(99-82(87)69-65-61-57-53-49-43-32-28-24-20-16-12-8-4)73-93-80(85)67-63-59-55-51-47-44-40-34-30-26-22-18-14-10-6-2/h21-22,25-26,28,32-34,36,38-40,77-79,84H,5-20,23-24,27,29-31,35,37,41-76H2,1-4H3,(H,89,90)(H,91,92)/b25-21-,26-22-,32-28-,36-33-,39-38-,40-34-. The van der Waals surface area contributed by atoms with E-state index >= 15 is 0 Å². The number of hydrogen-bond acceptors (Lipinski definition) is 15. The average molecular weight is 1480 g/mol. The van der Waals surface area contributed by atoms with Crippen molar-refractivity contribution in [3.05, 3.63) is 72.9 Å². The Kier molecular flexibility index (Phi) is 73.1. The monoisotopic (exact) mass is 1480 g/mol. The molecule has 0 fully saturated rings. The van der Waals surface area contributed by atoms with E-state index in [9.17, 15) is 43.2 Å². The van der Waals surface area contributed by atoms with Crippen LogP contribution in [-0.2, 0) is 65.4 Å². The van der Waals surface area contributed by atoms with Gasteiger partial charge in [0.1, 0.15) is 19.3 Å². The number of aliphatic hydroxyl groups is 1. The molecule has 0 saturated heterocycles. The van der Waals surface area contributed by atoms with Gasteiger partial charge < -0.3 is 33.8 Å². The van der Waals surface area contributed by atoms with E-state index in [1.165, 1.54) is 128 Å². The first-order valence-corrected chi connectivity index (χ1v) is 44.2. The van der Waals surface area contributed by atoms with Crippen molar-refractivity contribution in [2.45, 2.75) is 393 Å². The molecule has 5 unspecified atom stereocenters. The Labute approximate surface area is 622 Å². The van der Waals surface area contributed by atoms with E-state index in [1.807, 2.05) is 0 Å². The molecule has 102 heavy (non-hydrogen) atoms. The highest BCUT2D eigenvalue weighted by molar-refractivity contribution is 7.47. The smallest absolute Gasteiger partial charge is 0.462 e. The van der Waals surface area contributed by atoms with Crippen LogP contribution in [0.5, 0.6) is 0 Å². The summed E-state index contributed by atoms with van der Waals surface area (Å²) in [5, 5.41) is 10.6. The topological polar surface area (TPSA) is 237 Å². The lowest BCUT2D eigenvalue weighted by atomic mass is 10.0. The summed E-state index contributed by atoms with van der Waals surface area (Å²) in [6.07, 6.45) is 77.2. The van der Waals surface area contributed by atoms with Crippen molar-refractivity contribution in [2.24, 2.45) is 0 Å². The first kappa shape index (κ1) is 98.5. The van der Waals surface area contributed by atoms with E-state index in [1.54, 1.807) is 0 Å². The summed E-state index contributed by atoms with van der Waals surface area (Å²) in [5.74, 6) is -2.18. The van der Waals surface area contributed by atoms with Crippen LogP contribution in [0.2, 0.25) is 0 Å². The molecule has 3 N–H and O–H groups in total. The lowest BCUT2D eigenvalue weighted by Gasteiger charge is -2.21. The van der Waals surface area contributed by atoms with Crippen LogP contribution in [0.1, 0.15) is 374 Å². The van der Waals surface area contributed by atoms with E-state index < -0.39 is 97.5 Å². The van der Waals surface area contributed by atoms with Crippen LogP contribution in [0, 0.1) is 0 Å². The second kappa shape index (κ2) is 75.7. The number of phosphoric ester groups is 2. The summed E-state index contributed by atoms with van der Waals surface area (Å²) in [6.45, 7) is 4.84. The minimum atomic E-state index is -4.98. The van der Waals surface area contributed by atoms with Crippen molar-refractivity contribution in [1.82, 2.24) is 0 Å². The molecule has 0 radical (unpaired) electrons. The molecular formula is C83H150O17P2. The Morgan fingerprint density at radius 2 is 0.480 bits per heavy atom. The van der Waals surface area contributed by atoms with E-state index in [4.69, 9.17) is 37.0 Å². The molecule has 0 aliphatic rings. The number of allylic oxidation sites excluding steroid dienone is 12. The Balaban J connectivity index is 5.34. The molecule has 0 amide bonds. The fourth-order valence-electron chi connectivity index (χ4n) is 11.3. The van der Waals surface area contributed by atoms with Crippen molar-refractivity contribution in [2.75, 3.05) is 39.6 Å². The zero-order chi connectivity index (χ0) is 74.6. The molecule has 0 aliphatic carbocycles. The molecule has 0 aromatic heterocycles. The number of ether oxygens (including phenoxy) is 4. The second-order valence-corrected chi connectivity index (χ2v) is 30.6. The number of hydrogen-bond donors (Lipinski definition) is 3. The molecular weight excluding hydrogens is 1330 g/mol. The molecule has 0 heterocycles. The van der Waals surface area contributed by atoms with Crippen molar-refractivity contribution < 1.29 is 80.2 Å². The summed E-state index contributed by atoms with van der Waals surface area (Å²) in [4.78, 5) is 73.0. The van der Waals surface area contributed by atoms with Crippen LogP contribution >= 0.6 is 15.6 Å². The van der Waals surface area contributed by atoms with E-state index in [0.717, 1.165) is 167 Å². The van der Waals surface area contributed by atoms with Crippen molar-refractivity contribution in [1.29, 1.82) is 0 Å². The summed E-state index contributed by atoms with van der Waals surface area (Å²) in [6, 6.07) is 0. The maximum Gasteiger partial charge on any atom is 0.472 e. The highest BCUT2D eigenvalue weighted by Gasteiger charge is 2.30. The minimum Gasteiger partial charge on any atom is -0.462 e. The number of unbranched alkanes of at least 4 members (excludes halogenated alkanes) is 40. The minimum absolute atomic E-state index is 0.0847. The van der Waals surface area contributed by atoms with Gasteiger partial charge in [0.25, 0.3) is 0 Å². The molecule has 19 heteroatoms. The van der Waals surface area contributed by atoms with Crippen molar-refractivity contribution >= 4 is 39.5 Å². The van der Waals surface area contributed by atoms with Crippen LogP contribution < -0.4 is 0 Å². The molecule has 0 spiro atoms. The Morgan fingerprint density at radius 1 is 0.275 bits per heavy atom. The summed E-state index contributed by atoms with van der Waals surface area (Å²) in [5.41, 5.74) is 0. The Hall–Kier alpha value is -3.50. The quantitative estimate of drug-likeness (QED) is 0.0169. The van der Waals surface area contributed by atoms with Gasteiger partial charge in [-0.2, -0.15) is 0 Å². The summed E-state index contributed by atoms with van der Waals surface area (Å²) < 4.78 is 68.7. The molecule has 0 aromatic carbocycles. The van der Waals surface area contributed by atoms with Gasteiger partial charge in [-0.15, -0.1) is 0 Å². The molecule has 17 nitrogen and oxygen atoms in total. The zero-order valence-corrected chi connectivity index (χ0v) is 66.8. The summed E-state index contributed by atoms with van der Waals surface area (Å²) >= 11 is 0. The third-order valence-corrected chi connectivity index (χ3v) is 19.5. The SMILES string of the molecule is CCCCC/C=C\C/C=C\C/C=C\CCCCCCCCC(=O)OCC(COP(=O)(O)OCC(O)COP(=O)(O)OCC(COC(=O)CCCCCCC/C=C\C/C=C\CCCCC)OC(=O)CCCCCCC/C=C\CCCCCC)OC(=O)CCCCCCCCCCCCCCCCC. The number of rotatable bonds is 78. The Morgan fingerprint density at radius 3 is 0.775 bits per heavy atom. The van der Waals surface area contributed by atoms with Gasteiger partial charge in [-0.05, 0) is 122 Å². The first-order valence-electron chi connectivity index (χ1n) is 41.2. The van der Waals surface area contributed by atoms with Crippen molar-refractivity contribution in [3.8, 4) is 0 Å². The predicted molar refractivity (Wildman–Crippen MR) is 418 cm³/mol. The lowest BCUT2D eigenvalue weighted by molar-refractivity contribution is -0.161. The van der Waals surface area contributed by atoms with Gasteiger partial charge in [0, 0.05) is 25.7 Å². The van der Waals surface area contributed by atoms with Crippen LogP contribution in [0.4, 0.5) is 0 Å². The molecule has 0 saturated carbocycles. The lowest BCUT2D eigenvalue weighted by Crippen LogP contribution is -2.30. The average Bonchev–Trinajstić information content (AvgIpc) is 0.924. The van der Waals surface area contributed by atoms with E-state index in [-0.39, 0.29) is 25.7 Å². The predicted octanol–water partition coefficient (Wildman–Crippen LogP) is 24.0. The van der Waals surface area contributed by atoms with E-state index in [0.29, 0.717) is 25.7 Å². The number of carbonyl (C=O) groups excluding carboxylic acids is 4. The number of aliphatic hydroxyl groups excluding tert-OH is 1. The van der Waals surface area contributed by atoms with Gasteiger partial charge in [-0.3, -0.25) is 37.3 Å². The number of carbonyl (C=O) groups is 4. The Bertz CT molecular complexity index is 2210. The van der Waals surface area contributed by atoms with Gasteiger partial charge in [0.05, 0.1) is 26.4 Å². The third-order valence-electron chi connectivity index (χ3n) is 17.6. The third kappa shape index (κ3) is 74.8. The van der Waals surface area contributed by atoms with E-state index in [2.05, 4.69) is 101 Å². The molecule has 5 atom stereocenters. The molecule has 594 valence electrons. The fourth-order valence-corrected chi connectivity index (χ4v) is 12.9. The second-order valence-electron chi connectivity index (χ2n) is 27.7. The van der Waals surface area contributed by atoms with Gasteiger partial charge in [-0.25, -0.2) is 9.13 Å². The maximum atomic E-state index is 13.1. The number of phosphoric acid groups is 2. The van der Waals surface area contributed by atoms with Crippen molar-refractivity contribution in [3.63, 3.8) is 0 Å². The molecule has 0 aliphatic heterocycles. The van der Waals surface area contributed by atoms with Gasteiger partial charge in [0.2, 0.25) is 0 Å². The van der Waals surface area contributed by atoms with Crippen LogP contribution in [0.3, 0.4) is 0 Å². The molecule has 0 bridgehead atoms. The van der Waals surface area contributed by atoms with Gasteiger partial charge in [0.15, 0.2) is 12.2 Å². The number of esters is 4. The van der Waals surface area contributed by atoms with Gasteiger partial charge in [-0.1, -0.05) is 300 Å². The maximum absolute atomic E-state index is 13.1. The molecule has 0 rings (SSSR count). The fraction of sp³-hybridized carbons (Fsp3) is 0.807. The van der Waals surface area contributed by atoms with Crippen LogP contribution in [0.25, 0.3) is 0 Å². The largest absolute Gasteiger partial charge is 0.472 e.